The first kappa shape index (κ1) is 13.1. The SMILES string of the molecule is CC(O)Oc1ccccc1C(=O)Nc1ccccc1. The number of rotatable bonds is 4. The van der Waals surface area contributed by atoms with Gasteiger partial charge in [0.25, 0.3) is 5.91 Å². The Kier molecular flexibility index (Phi) is 4.15. The third-order valence-electron chi connectivity index (χ3n) is 2.46. The van der Waals surface area contributed by atoms with Gasteiger partial charge in [0, 0.05) is 5.69 Å². The van der Waals surface area contributed by atoms with Crippen molar-refractivity contribution in [2.45, 2.75) is 13.2 Å². The first-order valence-electron chi connectivity index (χ1n) is 5.97. The molecular weight excluding hydrogens is 242 g/mol. The Bertz CT molecular complexity index is 552. The normalized spacial score (nSPS) is 11.7. The number of carbonyl (C=O) groups excluding carboxylic acids is 1. The summed E-state index contributed by atoms with van der Waals surface area (Å²) in [6.07, 6.45) is -0.967. The van der Waals surface area contributed by atoms with E-state index < -0.39 is 6.29 Å². The van der Waals surface area contributed by atoms with Crippen LogP contribution in [0.25, 0.3) is 0 Å². The van der Waals surface area contributed by atoms with Crippen molar-refractivity contribution in [2.75, 3.05) is 5.32 Å². The van der Waals surface area contributed by atoms with Crippen molar-refractivity contribution in [1.82, 2.24) is 0 Å². The predicted molar refractivity (Wildman–Crippen MR) is 73.1 cm³/mol. The number of amides is 1. The van der Waals surface area contributed by atoms with Crippen LogP contribution in [0.1, 0.15) is 17.3 Å². The highest BCUT2D eigenvalue weighted by molar-refractivity contribution is 6.06. The van der Waals surface area contributed by atoms with Gasteiger partial charge in [0.1, 0.15) is 5.75 Å². The molecule has 1 amide bonds. The van der Waals surface area contributed by atoms with Crippen LogP contribution in [-0.4, -0.2) is 17.3 Å². The lowest BCUT2D eigenvalue weighted by Gasteiger charge is -2.13. The number of carbonyl (C=O) groups is 1. The molecule has 0 saturated heterocycles. The molecule has 1 atom stereocenters. The lowest BCUT2D eigenvalue weighted by Crippen LogP contribution is -2.16. The number of hydrogen-bond acceptors (Lipinski definition) is 3. The van der Waals surface area contributed by atoms with E-state index in [9.17, 15) is 9.90 Å². The number of aliphatic hydroxyl groups is 1. The Labute approximate surface area is 111 Å². The fraction of sp³-hybridized carbons (Fsp3) is 0.133. The molecule has 0 aliphatic carbocycles. The van der Waals surface area contributed by atoms with Crippen molar-refractivity contribution in [1.29, 1.82) is 0 Å². The number of para-hydroxylation sites is 2. The van der Waals surface area contributed by atoms with Crippen LogP contribution in [-0.2, 0) is 0 Å². The molecule has 0 aromatic heterocycles. The van der Waals surface area contributed by atoms with Crippen LogP contribution >= 0.6 is 0 Å². The number of hydrogen-bond donors (Lipinski definition) is 2. The summed E-state index contributed by atoms with van der Waals surface area (Å²) < 4.78 is 5.20. The molecule has 0 radical (unpaired) electrons. The Balaban J connectivity index is 2.19. The van der Waals surface area contributed by atoms with Crippen molar-refractivity contribution >= 4 is 11.6 Å². The Morgan fingerprint density at radius 2 is 1.74 bits per heavy atom. The highest BCUT2D eigenvalue weighted by atomic mass is 16.6. The Hall–Kier alpha value is -2.33. The smallest absolute Gasteiger partial charge is 0.259 e. The van der Waals surface area contributed by atoms with Gasteiger partial charge in [-0.3, -0.25) is 4.79 Å². The zero-order valence-corrected chi connectivity index (χ0v) is 10.5. The third-order valence-corrected chi connectivity index (χ3v) is 2.46. The fourth-order valence-corrected chi connectivity index (χ4v) is 1.66. The summed E-state index contributed by atoms with van der Waals surface area (Å²) in [6, 6.07) is 15.9. The van der Waals surface area contributed by atoms with Gasteiger partial charge in [-0.15, -0.1) is 0 Å². The van der Waals surface area contributed by atoms with Gasteiger partial charge in [0.15, 0.2) is 6.29 Å². The van der Waals surface area contributed by atoms with Gasteiger partial charge in [-0.1, -0.05) is 30.3 Å². The van der Waals surface area contributed by atoms with E-state index in [0.29, 0.717) is 17.0 Å². The van der Waals surface area contributed by atoms with Gasteiger partial charge < -0.3 is 15.2 Å². The Morgan fingerprint density at radius 1 is 1.11 bits per heavy atom. The molecule has 2 rings (SSSR count). The van der Waals surface area contributed by atoms with Crippen molar-refractivity contribution in [3.8, 4) is 5.75 Å². The van der Waals surface area contributed by atoms with E-state index in [1.807, 2.05) is 18.2 Å². The summed E-state index contributed by atoms with van der Waals surface area (Å²) in [5.74, 6) is 0.0772. The van der Waals surface area contributed by atoms with E-state index in [0.717, 1.165) is 0 Å². The van der Waals surface area contributed by atoms with Gasteiger partial charge in [0.2, 0.25) is 0 Å². The summed E-state index contributed by atoms with van der Waals surface area (Å²) >= 11 is 0. The molecule has 19 heavy (non-hydrogen) atoms. The Morgan fingerprint density at radius 3 is 2.42 bits per heavy atom. The highest BCUT2D eigenvalue weighted by Crippen LogP contribution is 2.20. The van der Waals surface area contributed by atoms with Crippen LogP contribution in [0.3, 0.4) is 0 Å². The number of aliphatic hydroxyl groups excluding tert-OH is 1. The number of nitrogens with one attached hydrogen (secondary N) is 1. The van der Waals surface area contributed by atoms with E-state index in [4.69, 9.17) is 4.74 Å². The lowest BCUT2D eigenvalue weighted by atomic mass is 10.2. The minimum atomic E-state index is -0.967. The maximum absolute atomic E-state index is 12.1. The van der Waals surface area contributed by atoms with E-state index in [1.54, 1.807) is 36.4 Å². The average Bonchev–Trinajstić information content (AvgIpc) is 2.39. The van der Waals surface area contributed by atoms with Crippen LogP contribution in [0.5, 0.6) is 5.75 Å². The zero-order chi connectivity index (χ0) is 13.7. The molecule has 0 saturated carbocycles. The van der Waals surface area contributed by atoms with Gasteiger partial charge >= 0.3 is 0 Å². The van der Waals surface area contributed by atoms with Crippen molar-refractivity contribution in [2.24, 2.45) is 0 Å². The van der Waals surface area contributed by atoms with Crippen LogP contribution in [0.2, 0.25) is 0 Å². The lowest BCUT2D eigenvalue weighted by molar-refractivity contribution is -0.000727. The predicted octanol–water partition coefficient (Wildman–Crippen LogP) is 2.66. The average molecular weight is 257 g/mol. The van der Waals surface area contributed by atoms with Gasteiger partial charge in [-0.05, 0) is 31.2 Å². The highest BCUT2D eigenvalue weighted by Gasteiger charge is 2.13. The third kappa shape index (κ3) is 3.56. The number of ether oxygens (including phenoxy) is 1. The summed E-state index contributed by atoms with van der Waals surface area (Å²) in [6.45, 7) is 1.49. The molecule has 4 heteroatoms. The van der Waals surface area contributed by atoms with Gasteiger partial charge in [-0.25, -0.2) is 0 Å². The van der Waals surface area contributed by atoms with Crippen LogP contribution in [0.4, 0.5) is 5.69 Å². The number of anilines is 1. The first-order chi connectivity index (χ1) is 9.16. The topological polar surface area (TPSA) is 58.6 Å². The monoisotopic (exact) mass is 257 g/mol. The van der Waals surface area contributed by atoms with E-state index in [1.165, 1.54) is 6.92 Å². The van der Waals surface area contributed by atoms with E-state index in [2.05, 4.69) is 5.32 Å². The molecule has 0 bridgehead atoms. The molecule has 0 aliphatic rings. The zero-order valence-electron chi connectivity index (χ0n) is 10.5. The molecule has 0 spiro atoms. The molecule has 0 aliphatic heterocycles. The van der Waals surface area contributed by atoms with Crippen LogP contribution < -0.4 is 10.1 Å². The van der Waals surface area contributed by atoms with E-state index >= 15 is 0 Å². The summed E-state index contributed by atoms with van der Waals surface area (Å²) in [5.41, 5.74) is 1.09. The molecule has 2 aromatic rings. The van der Waals surface area contributed by atoms with E-state index in [-0.39, 0.29) is 5.91 Å². The second-order valence-electron chi connectivity index (χ2n) is 4.03. The summed E-state index contributed by atoms with van der Waals surface area (Å²) in [4.78, 5) is 12.1. The standard InChI is InChI=1S/C15H15NO3/c1-11(17)19-14-10-6-5-9-13(14)15(18)16-12-7-3-2-4-8-12/h2-11,17H,1H3,(H,16,18). The second kappa shape index (κ2) is 6.02. The van der Waals surface area contributed by atoms with Crippen molar-refractivity contribution in [3.63, 3.8) is 0 Å². The quantitative estimate of drug-likeness (QED) is 0.828. The molecule has 98 valence electrons. The van der Waals surface area contributed by atoms with Crippen LogP contribution in [0.15, 0.2) is 54.6 Å². The number of benzene rings is 2. The molecule has 0 fully saturated rings. The molecule has 0 heterocycles. The van der Waals surface area contributed by atoms with Crippen molar-refractivity contribution < 1.29 is 14.6 Å². The molecule has 2 N–H and O–H groups in total. The molecule has 4 nitrogen and oxygen atoms in total. The maximum atomic E-state index is 12.1. The minimum absolute atomic E-state index is 0.276. The summed E-state index contributed by atoms with van der Waals surface area (Å²) in [7, 11) is 0. The molecular formula is C15H15NO3. The molecule has 1 unspecified atom stereocenters. The maximum Gasteiger partial charge on any atom is 0.259 e. The van der Waals surface area contributed by atoms with Gasteiger partial charge in [0.05, 0.1) is 5.56 Å². The molecule has 2 aromatic carbocycles. The minimum Gasteiger partial charge on any atom is -0.465 e. The van der Waals surface area contributed by atoms with Crippen LogP contribution in [0, 0.1) is 0 Å². The summed E-state index contributed by atoms with van der Waals surface area (Å²) in [5, 5.41) is 12.0. The largest absolute Gasteiger partial charge is 0.465 e. The first-order valence-corrected chi connectivity index (χ1v) is 5.97. The fourth-order valence-electron chi connectivity index (χ4n) is 1.66. The second-order valence-corrected chi connectivity index (χ2v) is 4.03. The van der Waals surface area contributed by atoms with Crippen molar-refractivity contribution in [3.05, 3.63) is 60.2 Å². The van der Waals surface area contributed by atoms with Gasteiger partial charge in [-0.2, -0.15) is 0 Å².